The molecule has 0 amide bonds. The average molecular weight is 298 g/mol. The van der Waals surface area contributed by atoms with Gasteiger partial charge in [0, 0.05) is 53.0 Å². The summed E-state index contributed by atoms with van der Waals surface area (Å²) in [4.78, 5) is 2.60. The zero-order chi connectivity index (χ0) is 15.0. The fourth-order valence-electron chi connectivity index (χ4n) is 3.56. The number of nitrogens with one attached hydrogen (secondary N) is 1. The van der Waals surface area contributed by atoms with Crippen molar-refractivity contribution in [1.82, 2.24) is 10.2 Å². The molecular weight excluding hydrogens is 264 g/mol. The molecule has 0 heterocycles. The van der Waals surface area contributed by atoms with Gasteiger partial charge in [-0.2, -0.15) is 0 Å². The minimum Gasteiger partial charge on any atom is -0.385 e. The summed E-state index contributed by atoms with van der Waals surface area (Å²) in [5, 5.41) is 3.79. The van der Waals surface area contributed by atoms with Gasteiger partial charge in [0.15, 0.2) is 0 Å². The Balaban J connectivity index is 1.82. The van der Waals surface area contributed by atoms with E-state index in [9.17, 15) is 0 Å². The Kier molecular flexibility index (Phi) is 7.44. The molecule has 0 spiro atoms. The number of hydrogen-bond acceptors (Lipinski definition) is 4. The zero-order valence-corrected chi connectivity index (χ0v) is 14.0. The van der Waals surface area contributed by atoms with Gasteiger partial charge in [-0.05, 0) is 37.5 Å². The molecule has 0 unspecified atom stereocenters. The first kappa shape index (κ1) is 17.2. The normalized spacial score (nSPS) is 21.3. The van der Waals surface area contributed by atoms with E-state index in [1.807, 2.05) is 0 Å². The predicted molar refractivity (Wildman–Crippen MR) is 86.7 cm³/mol. The van der Waals surface area contributed by atoms with Crippen molar-refractivity contribution in [2.75, 3.05) is 53.6 Å². The molecule has 2 saturated carbocycles. The van der Waals surface area contributed by atoms with Crippen molar-refractivity contribution in [3.05, 3.63) is 0 Å². The van der Waals surface area contributed by atoms with Crippen LogP contribution in [0.15, 0.2) is 0 Å². The van der Waals surface area contributed by atoms with E-state index in [1.165, 1.54) is 51.6 Å². The van der Waals surface area contributed by atoms with Gasteiger partial charge < -0.3 is 19.7 Å². The second-order valence-electron chi connectivity index (χ2n) is 6.98. The van der Waals surface area contributed by atoms with Crippen LogP contribution in [0, 0.1) is 5.41 Å². The topological polar surface area (TPSA) is 33.7 Å². The summed E-state index contributed by atoms with van der Waals surface area (Å²) in [5.41, 5.74) is 0.503. The number of rotatable bonds is 12. The number of methoxy groups -OCH3 is 2. The number of ether oxygens (including phenoxy) is 2. The van der Waals surface area contributed by atoms with E-state index in [0.717, 1.165) is 38.8 Å². The average Bonchev–Trinajstić information content (AvgIpc) is 3.22. The standard InChI is InChI=1S/C17H34N2O2/c1-20-12-5-10-19(11-13-21-2)15-17(8-3-4-9-17)14-18-16-6-7-16/h16,18H,3-15H2,1-2H3. The molecule has 0 aromatic heterocycles. The van der Waals surface area contributed by atoms with Gasteiger partial charge in [-0.15, -0.1) is 0 Å². The van der Waals surface area contributed by atoms with Crippen molar-refractivity contribution in [3.63, 3.8) is 0 Å². The van der Waals surface area contributed by atoms with Crippen LogP contribution in [0.2, 0.25) is 0 Å². The molecule has 1 N–H and O–H groups in total. The third-order valence-corrected chi connectivity index (χ3v) is 5.00. The van der Waals surface area contributed by atoms with Gasteiger partial charge in [0.2, 0.25) is 0 Å². The molecular formula is C17H34N2O2. The SMILES string of the molecule is COCCCN(CCOC)CC1(CNC2CC2)CCCC1. The van der Waals surface area contributed by atoms with Crippen LogP contribution in [0.4, 0.5) is 0 Å². The summed E-state index contributed by atoms with van der Waals surface area (Å²) < 4.78 is 10.5. The molecule has 2 fully saturated rings. The van der Waals surface area contributed by atoms with Crippen LogP contribution >= 0.6 is 0 Å². The second-order valence-corrected chi connectivity index (χ2v) is 6.98. The van der Waals surface area contributed by atoms with E-state index >= 15 is 0 Å². The number of nitrogens with zero attached hydrogens (tertiary/aromatic N) is 1. The van der Waals surface area contributed by atoms with Gasteiger partial charge in [0.05, 0.1) is 6.61 Å². The van der Waals surface area contributed by atoms with Gasteiger partial charge in [-0.3, -0.25) is 0 Å². The first-order valence-electron chi connectivity index (χ1n) is 8.72. The molecule has 0 aromatic carbocycles. The smallest absolute Gasteiger partial charge is 0.0589 e. The Morgan fingerprint density at radius 2 is 1.76 bits per heavy atom. The van der Waals surface area contributed by atoms with E-state index in [0.29, 0.717) is 5.41 Å². The lowest BCUT2D eigenvalue weighted by atomic mass is 9.85. The Bertz CT molecular complexity index is 276. The fourth-order valence-corrected chi connectivity index (χ4v) is 3.56. The molecule has 0 aliphatic heterocycles. The van der Waals surface area contributed by atoms with Crippen molar-refractivity contribution in [1.29, 1.82) is 0 Å². The van der Waals surface area contributed by atoms with Crippen molar-refractivity contribution >= 4 is 0 Å². The lowest BCUT2D eigenvalue weighted by Crippen LogP contribution is -2.44. The largest absolute Gasteiger partial charge is 0.385 e. The highest BCUT2D eigenvalue weighted by molar-refractivity contribution is 4.92. The van der Waals surface area contributed by atoms with Crippen LogP contribution in [-0.2, 0) is 9.47 Å². The molecule has 2 rings (SSSR count). The highest BCUT2D eigenvalue weighted by Gasteiger charge is 2.36. The Labute approximate surface area is 130 Å². The van der Waals surface area contributed by atoms with Crippen LogP contribution in [0.1, 0.15) is 44.9 Å². The van der Waals surface area contributed by atoms with Gasteiger partial charge in [0.1, 0.15) is 0 Å². The molecule has 2 aliphatic rings. The molecule has 0 aromatic rings. The molecule has 124 valence electrons. The van der Waals surface area contributed by atoms with Crippen molar-refractivity contribution in [2.24, 2.45) is 5.41 Å². The highest BCUT2D eigenvalue weighted by atomic mass is 16.5. The minimum atomic E-state index is 0.503. The maximum absolute atomic E-state index is 5.30. The summed E-state index contributed by atoms with van der Waals surface area (Å²) in [6, 6.07) is 0.823. The van der Waals surface area contributed by atoms with Crippen molar-refractivity contribution in [2.45, 2.75) is 51.0 Å². The first-order chi connectivity index (χ1) is 10.3. The first-order valence-corrected chi connectivity index (χ1v) is 8.72. The second kappa shape index (κ2) is 9.09. The van der Waals surface area contributed by atoms with E-state index in [2.05, 4.69) is 10.2 Å². The van der Waals surface area contributed by atoms with Gasteiger partial charge in [0.25, 0.3) is 0 Å². The van der Waals surface area contributed by atoms with Crippen LogP contribution in [-0.4, -0.2) is 64.6 Å². The van der Waals surface area contributed by atoms with Gasteiger partial charge >= 0.3 is 0 Å². The Hall–Kier alpha value is -0.160. The van der Waals surface area contributed by atoms with Crippen LogP contribution in [0.25, 0.3) is 0 Å². The molecule has 4 nitrogen and oxygen atoms in total. The Morgan fingerprint density at radius 3 is 2.38 bits per heavy atom. The van der Waals surface area contributed by atoms with E-state index in [4.69, 9.17) is 9.47 Å². The third kappa shape index (κ3) is 6.23. The van der Waals surface area contributed by atoms with Crippen molar-refractivity contribution in [3.8, 4) is 0 Å². The third-order valence-electron chi connectivity index (χ3n) is 5.00. The summed E-state index contributed by atoms with van der Waals surface area (Å²) >= 11 is 0. The maximum atomic E-state index is 5.30. The van der Waals surface area contributed by atoms with E-state index < -0.39 is 0 Å². The summed E-state index contributed by atoms with van der Waals surface area (Å²) in [6.45, 7) is 6.30. The molecule has 2 aliphatic carbocycles. The molecule has 21 heavy (non-hydrogen) atoms. The molecule has 0 saturated heterocycles. The zero-order valence-electron chi connectivity index (χ0n) is 14.0. The molecule has 0 bridgehead atoms. The number of hydrogen-bond donors (Lipinski definition) is 1. The monoisotopic (exact) mass is 298 g/mol. The fraction of sp³-hybridized carbons (Fsp3) is 1.00. The lowest BCUT2D eigenvalue weighted by molar-refractivity contribution is 0.0949. The molecule has 4 heteroatoms. The van der Waals surface area contributed by atoms with Crippen LogP contribution < -0.4 is 5.32 Å². The van der Waals surface area contributed by atoms with E-state index in [1.54, 1.807) is 14.2 Å². The van der Waals surface area contributed by atoms with Gasteiger partial charge in [-0.1, -0.05) is 12.8 Å². The summed E-state index contributed by atoms with van der Waals surface area (Å²) in [7, 11) is 3.59. The summed E-state index contributed by atoms with van der Waals surface area (Å²) in [5.74, 6) is 0. The van der Waals surface area contributed by atoms with E-state index in [-0.39, 0.29) is 0 Å². The molecule has 0 radical (unpaired) electrons. The highest BCUT2D eigenvalue weighted by Crippen LogP contribution is 2.39. The molecule has 0 atom stereocenters. The Morgan fingerprint density at radius 1 is 1.05 bits per heavy atom. The van der Waals surface area contributed by atoms with Crippen LogP contribution in [0.3, 0.4) is 0 Å². The summed E-state index contributed by atoms with van der Waals surface area (Å²) in [6.07, 6.45) is 9.48. The minimum absolute atomic E-state index is 0.503. The van der Waals surface area contributed by atoms with Crippen LogP contribution in [0.5, 0.6) is 0 Å². The van der Waals surface area contributed by atoms with Gasteiger partial charge in [-0.25, -0.2) is 0 Å². The maximum Gasteiger partial charge on any atom is 0.0589 e. The lowest BCUT2D eigenvalue weighted by Gasteiger charge is -2.36. The predicted octanol–water partition coefficient (Wildman–Crippen LogP) is 2.28. The quantitative estimate of drug-likeness (QED) is 0.561. The van der Waals surface area contributed by atoms with Crippen molar-refractivity contribution < 1.29 is 9.47 Å².